The van der Waals surface area contributed by atoms with Gasteiger partial charge in [0.2, 0.25) is 5.91 Å². The number of nitrogens with zero attached hydrogens (tertiary/aromatic N) is 4. The number of carbonyl (C=O) groups excluding carboxylic acids is 1. The smallest absolute Gasteiger partial charge is 0.226 e. The van der Waals surface area contributed by atoms with Gasteiger partial charge in [0, 0.05) is 29.3 Å². The Labute approximate surface area is 93.3 Å². The zero-order chi connectivity index (χ0) is 11.4. The van der Waals surface area contributed by atoms with E-state index in [0.717, 1.165) is 25.1 Å². The van der Waals surface area contributed by atoms with E-state index in [1.807, 2.05) is 12.1 Å². The summed E-state index contributed by atoms with van der Waals surface area (Å²) in [4.78, 5) is 16.1. The number of amides is 1. The second-order valence-electron chi connectivity index (χ2n) is 3.71. The number of benzene rings is 1. The van der Waals surface area contributed by atoms with E-state index in [-0.39, 0.29) is 5.91 Å². The summed E-state index contributed by atoms with van der Waals surface area (Å²) in [5.74, 6) is 0.169. The summed E-state index contributed by atoms with van der Waals surface area (Å²) in [6.45, 7) is 0.777. The molecule has 1 heterocycles. The minimum atomic E-state index is 0.169. The van der Waals surface area contributed by atoms with Crippen LogP contribution in [0.1, 0.15) is 19.3 Å². The molecule has 0 radical (unpaired) electrons. The molecule has 0 N–H and O–H groups in total. The van der Waals surface area contributed by atoms with Crippen LogP contribution in [0.3, 0.4) is 0 Å². The second kappa shape index (κ2) is 4.68. The molecule has 0 saturated carbocycles. The molecular formula is C11H12N4O. The number of hydrogen-bond acceptors (Lipinski definition) is 2. The van der Waals surface area contributed by atoms with Crippen LogP contribution in [0.2, 0.25) is 0 Å². The Morgan fingerprint density at radius 2 is 2.00 bits per heavy atom. The molecule has 5 heteroatoms. The van der Waals surface area contributed by atoms with E-state index in [4.69, 9.17) is 5.53 Å². The summed E-state index contributed by atoms with van der Waals surface area (Å²) in [7, 11) is 0. The fraction of sp³-hybridized carbons (Fsp3) is 0.364. The molecule has 0 bridgehead atoms. The van der Waals surface area contributed by atoms with E-state index in [0.29, 0.717) is 12.1 Å². The Morgan fingerprint density at radius 1 is 1.25 bits per heavy atom. The second-order valence-corrected chi connectivity index (χ2v) is 3.71. The first kappa shape index (κ1) is 10.5. The molecule has 2 rings (SSSR count). The minimum Gasteiger partial charge on any atom is -0.312 e. The third-order valence-electron chi connectivity index (χ3n) is 2.64. The predicted molar refractivity (Wildman–Crippen MR) is 61.5 cm³/mol. The van der Waals surface area contributed by atoms with E-state index in [1.165, 1.54) is 0 Å². The number of anilines is 1. The lowest BCUT2D eigenvalue weighted by Crippen LogP contribution is -2.35. The predicted octanol–water partition coefficient (Wildman–Crippen LogP) is 3.15. The molecule has 1 saturated heterocycles. The summed E-state index contributed by atoms with van der Waals surface area (Å²) >= 11 is 0. The highest BCUT2D eigenvalue weighted by molar-refractivity contribution is 5.94. The lowest BCUT2D eigenvalue weighted by molar-refractivity contribution is -0.119. The lowest BCUT2D eigenvalue weighted by Gasteiger charge is -2.26. The van der Waals surface area contributed by atoms with Gasteiger partial charge in [0.1, 0.15) is 0 Å². The van der Waals surface area contributed by atoms with Crippen LogP contribution in [0.5, 0.6) is 0 Å². The maximum atomic E-state index is 11.6. The van der Waals surface area contributed by atoms with Gasteiger partial charge in [-0.1, -0.05) is 17.2 Å². The largest absolute Gasteiger partial charge is 0.312 e. The molecule has 1 fully saturated rings. The van der Waals surface area contributed by atoms with Crippen molar-refractivity contribution in [2.45, 2.75) is 19.3 Å². The third kappa shape index (κ3) is 2.15. The molecule has 0 unspecified atom stereocenters. The van der Waals surface area contributed by atoms with Gasteiger partial charge < -0.3 is 4.90 Å². The molecule has 16 heavy (non-hydrogen) atoms. The normalized spacial score (nSPS) is 15.8. The Morgan fingerprint density at radius 3 is 2.62 bits per heavy atom. The molecule has 1 aromatic carbocycles. The Bertz CT molecular complexity index is 434. The monoisotopic (exact) mass is 216 g/mol. The first-order valence-corrected chi connectivity index (χ1v) is 5.27. The van der Waals surface area contributed by atoms with E-state index in [2.05, 4.69) is 10.0 Å². The van der Waals surface area contributed by atoms with Crippen LogP contribution in [0.25, 0.3) is 10.4 Å². The van der Waals surface area contributed by atoms with Crippen molar-refractivity contribution in [3.8, 4) is 0 Å². The summed E-state index contributed by atoms with van der Waals surface area (Å²) in [5.41, 5.74) is 9.72. The zero-order valence-electron chi connectivity index (χ0n) is 8.83. The minimum absolute atomic E-state index is 0.169. The van der Waals surface area contributed by atoms with E-state index in [1.54, 1.807) is 17.0 Å². The number of rotatable bonds is 2. The van der Waals surface area contributed by atoms with Gasteiger partial charge in [0.25, 0.3) is 0 Å². The first-order chi connectivity index (χ1) is 7.81. The van der Waals surface area contributed by atoms with Gasteiger partial charge in [-0.05, 0) is 30.5 Å². The summed E-state index contributed by atoms with van der Waals surface area (Å²) in [5, 5.41) is 3.49. The van der Waals surface area contributed by atoms with Crippen LogP contribution < -0.4 is 4.90 Å². The number of azide groups is 1. The molecule has 0 atom stereocenters. The number of piperidine rings is 1. The van der Waals surface area contributed by atoms with E-state index in [9.17, 15) is 4.79 Å². The molecule has 1 aromatic rings. The van der Waals surface area contributed by atoms with E-state index >= 15 is 0 Å². The highest BCUT2D eigenvalue weighted by atomic mass is 16.2. The van der Waals surface area contributed by atoms with Crippen molar-refractivity contribution in [3.63, 3.8) is 0 Å². The van der Waals surface area contributed by atoms with Crippen molar-refractivity contribution in [2.75, 3.05) is 11.4 Å². The van der Waals surface area contributed by atoms with Gasteiger partial charge in [-0.15, -0.1) is 0 Å². The lowest BCUT2D eigenvalue weighted by atomic mass is 10.1. The maximum absolute atomic E-state index is 11.6. The van der Waals surface area contributed by atoms with Crippen LogP contribution in [0, 0.1) is 0 Å². The number of carbonyl (C=O) groups is 1. The van der Waals surface area contributed by atoms with Crippen molar-refractivity contribution in [2.24, 2.45) is 5.11 Å². The molecule has 1 aliphatic rings. The van der Waals surface area contributed by atoms with Crippen molar-refractivity contribution in [3.05, 3.63) is 34.7 Å². The van der Waals surface area contributed by atoms with Crippen molar-refractivity contribution in [1.82, 2.24) is 0 Å². The molecular weight excluding hydrogens is 204 g/mol. The summed E-state index contributed by atoms with van der Waals surface area (Å²) in [6.07, 6.45) is 2.65. The average molecular weight is 216 g/mol. The van der Waals surface area contributed by atoms with Crippen molar-refractivity contribution < 1.29 is 4.79 Å². The Kier molecular flexibility index (Phi) is 3.08. The zero-order valence-corrected chi connectivity index (χ0v) is 8.83. The maximum Gasteiger partial charge on any atom is 0.226 e. The average Bonchev–Trinajstić information content (AvgIpc) is 2.31. The molecule has 0 aromatic heterocycles. The van der Waals surface area contributed by atoms with Crippen LogP contribution in [-0.4, -0.2) is 12.5 Å². The number of hydrogen-bond donors (Lipinski definition) is 0. The molecule has 1 amide bonds. The van der Waals surface area contributed by atoms with Crippen molar-refractivity contribution >= 4 is 17.3 Å². The highest BCUT2D eigenvalue weighted by Crippen LogP contribution is 2.23. The SMILES string of the molecule is [N-]=[N+]=Nc1ccc(N2CCCCC2=O)cc1. The molecule has 0 spiro atoms. The van der Waals surface area contributed by atoms with Gasteiger partial charge in [-0.2, -0.15) is 0 Å². The van der Waals surface area contributed by atoms with Crippen molar-refractivity contribution in [1.29, 1.82) is 0 Å². The topological polar surface area (TPSA) is 69.1 Å². The van der Waals surface area contributed by atoms with Crippen LogP contribution >= 0.6 is 0 Å². The standard InChI is InChI=1S/C11H12N4O/c12-14-13-9-4-6-10(7-5-9)15-8-2-1-3-11(15)16/h4-7H,1-3,8H2. The fourth-order valence-electron chi connectivity index (χ4n) is 1.83. The summed E-state index contributed by atoms with van der Waals surface area (Å²) in [6, 6.07) is 7.06. The first-order valence-electron chi connectivity index (χ1n) is 5.27. The van der Waals surface area contributed by atoms with E-state index < -0.39 is 0 Å². The molecule has 82 valence electrons. The fourth-order valence-corrected chi connectivity index (χ4v) is 1.83. The van der Waals surface area contributed by atoms with Crippen LogP contribution in [0.4, 0.5) is 11.4 Å². The third-order valence-corrected chi connectivity index (χ3v) is 2.64. The molecule has 0 aliphatic carbocycles. The van der Waals surface area contributed by atoms with Gasteiger partial charge in [-0.3, -0.25) is 4.79 Å². The highest BCUT2D eigenvalue weighted by Gasteiger charge is 2.18. The van der Waals surface area contributed by atoms with Gasteiger partial charge >= 0.3 is 0 Å². The molecule has 5 nitrogen and oxygen atoms in total. The summed E-state index contributed by atoms with van der Waals surface area (Å²) < 4.78 is 0. The Hall–Kier alpha value is -2.00. The van der Waals surface area contributed by atoms with Crippen LogP contribution in [-0.2, 0) is 4.79 Å². The van der Waals surface area contributed by atoms with Gasteiger partial charge in [0.05, 0.1) is 0 Å². The quantitative estimate of drug-likeness (QED) is 0.425. The molecule has 1 aliphatic heterocycles. The van der Waals surface area contributed by atoms with Crippen LogP contribution in [0.15, 0.2) is 29.4 Å². The van der Waals surface area contributed by atoms with Gasteiger partial charge in [-0.25, -0.2) is 0 Å². The van der Waals surface area contributed by atoms with Gasteiger partial charge in [0.15, 0.2) is 0 Å². The Balaban J connectivity index is 2.20.